The van der Waals surface area contributed by atoms with Crippen molar-refractivity contribution in [1.82, 2.24) is 14.9 Å². The maximum Gasteiger partial charge on any atom is 0.323 e. The molecule has 0 radical (unpaired) electrons. The summed E-state index contributed by atoms with van der Waals surface area (Å²) >= 11 is 0. The van der Waals surface area contributed by atoms with E-state index < -0.39 is 42.3 Å². The number of primary amides is 1. The highest BCUT2D eigenvalue weighted by molar-refractivity contribution is 5.93. The van der Waals surface area contributed by atoms with E-state index in [4.69, 9.17) is 15.2 Å². The fourth-order valence-corrected chi connectivity index (χ4v) is 2.96. The van der Waals surface area contributed by atoms with Crippen molar-refractivity contribution in [2.75, 3.05) is 13.2 Å². The van der Waals surface area contributed by atoms with Crippen LogP contribution in [-0.4, -0.2) is 74.3 Å². The number of nitrogens with one attached hydrogen (secondary N) is 1. The number of aromatic nitrogens is 2. The van der Waals surface area contributed by atoms with Crippen LogP contribution in [0.4, 0.5) is 0 Å². The van der Waals surface area contributed by atoms with Crippen molar-refractivity contribution in [2.24, 2.45) is 5.73 Å². The normalized spacial score (nSPS) is 32.0. The standard InChI is InChI=1S/C14H20N4O7/c15-11(21)8-12(22)18(5-17-8)13-10(20)9(19)7(25-13)4-24-14(23)6-2-1-3-16-6/h5-7,9-10,13,16,19-20,22H,1-4H2,(H2,15,21)/t6-,7+,9+,10+,13+/m0/s1. The summed E-state index contributed by atoms with van der Waals surface area (Å²) in [7, 11) is 0. The van der Waals surface area contributed by atoms with Crippen LogP contribution >= 0.6 is 0 Å². The number of carbonyl (C=O) groups is 2. The van der Waals surface area contributed by atoms with Gasteiger partial charge in [0, 0.05) is 0 Å². The second-order valence-corrected chi connectivity index (χ2v) is 6.01. The Balaban J connectivity index is 1.64. The molecule has 1 amide bonds. The van der Waals surface area contributed by atoms with E-state index in [9.17, 15) is 24.9 Å². The summed E-state index contributed by atoms with van der Waals surface area (Å²) in [5.41, 5.74) is 4.68. The first kappa shape index (κ1) is 17.6. The number of aromatic hydroxyl groups is 1. The van der Waals surface area contributed by atoms with Crippen LogP contribution in [0.5, 0.6) is 5.88 Å². The maximum atomic E-state index is 11.9. The van der Waals surface area contributed by atoms with Crippen LogP contribution in [0.1, 0.15) is 29.6 Å². The molecule has 11 nitrogen and oxygen atoms in total. The Morgan fingerprint density at radius 3 is 2.80 bits per heavy atom. The predicted octanol–water partition coefficient (Wildman–Crippen LogP) is -2.40. The minimum absolute atomic E-state index is 0.260. The van der Waals surface area contributed by atoms with Gasteiger partial charge in [-0.15, -0.1) is 0 Å². The number of amides is 1. The minimum Gasteiger partial charge on any atom is -0.493 e. The third-order valence-electron chi connectivity index (χ3n) is 4.35. The topological polar surface area (TPSA) is 169 Å². The van der Waals surface area contributed by atoms with Gasteiger partial charge in [0.15, 0.2) is 11.9 Å². The van der Waals surface area contributed by atoms with Crippen LogP contribution in [-0.2, 0) is 14.3 Å². The summed E-state index contributed by atoms with van der Waals surface area (Å²) in [6, 6.07) is -0.380. The number of aliphatic hydroxyl groups is 2. The molecule has 11 heteroatoms. The number of hydrogen-bond donors (Lipinski definition) is 5. The number of nitrogens with zero attached hydrogens (tertiary/aromatic N) is 2. The first-order valence-corrected chi connectivity index (χ1v) is 7.87. The second kappa shape index (κ2) is 6.96. The van der Waals surface area contributed by atoms with Gasteiger partial charge in [-0.25, -0.2) is 4.98 Å². The molecule has 2 aliphatic rings. The molecule has 0 spiro atoms. The van der Waals surface area contributed by atoms with Gasteiger partial charge in [0.1, 0.15) is 37.3 Å². The van der Waals surface area contributed by atoms with Crippen molar-refractivity contribution in [2.45, 2.75) is 43.4 Å². The van der Waals surface area contributed by atoms with Crippen LogP contribution in [0.2, 0.25) is 0 Å². The number of aliphatic hydroxyl groups excluding tert-OH is 2. The molecule has 138 valence electrons. The number of rotatable bonds is 5. The van der Waals surface area contributed by atoms with Crippen molar-refractivity contribution in [3.8, 4) is 5.88 Å². The first-order chi connectivity index (χ1) is 11.9. The lowest BCUT2D eigenvalue weighted by molar-refractivity contribution is -0.152. The Bertz CT molecular complexity index is 658. The molecular formula is C14H20N4O7. The molecule has 1 aromatic heterocycles. The Kier molecular flexibility index (Phi) is 4.90. The van der Waals surface area contributed by atoms with Gasteiger partial charge < -0.3 is 35.8 Å². The zero-order valence-corrected chi connectivity index (χ0v) is 13.2. The van der Waals surface area contributed by atoms with E-state index in [1.165, 1.54) is 0 Å². The van der Waals surface area contributed by atoms with E-state index in [0.29, 0.717) is 6.42 Å². The molecule has 1 aromatic rings. The smallest absolute Gasteiger partial charge is 0.323 e. The summed E-state index contributed by atoms with van der Waals surface area (Å²) in [5, 5.41) is 33.1. The number of nitrogens with two attached hydrogens (primary N) is 1. The van der Waals surface area contributed by atoms with Crippen LogP contribution in [0, 0.1) is 0 Å². The van der Waals surface area contributed by atoms with Gasteiger partial charge in [-0.1, -0.05) is 0 Å². The van der Waals surface area contributed by atoms with Gasteiger partial charge >= 0.3 is 5.97 Å². The van der Waals surface area contributed by atoms with Crippen LogP contribution in [0.15, 0.2) is 6.33 Å². The van der Waals surface area contributed by atoms with E-state index in [1.54, 1.807) is 0 Å². The summed E-state index contributed by atoms with van der Waals surface area (Å²) in [6.45, 7) is 0.481. The van der Waals surface area contributed by atoms with E-state index in [2.05, 4.69) is 10.3 Å². The van der Waals surface area contributed by atoms with Gasteiger partial charge in [0.05, 0.1) is 0 Å². The molecule has 0 saturated carbocycles. The largest absolute Gasteiger partial charge is 0.493 e. The van der Waals surface area contributed by atoms with Crippen LogP contribution in [0.3, 0.4) is 0 Å². The van der Waals surface area contributed by atoms with Gasteiger partial charge in [-0.3, -0.25) is 14.2 Å². The average Bonchev–Trinajstić information content (AvgIpc) is 3.28. The highest BCUT2D eigenvalue weighted by Crippen LogP contribution is 2.33. The minimum atomic E-state index is -1.42. The summed E-state index contributed by atoms with van der Waals surface area (Å²) in [5.74, 6) is -1.98. The third-order valence-corrected chi connectivity index (χ3v) is 4.35. The molecule has 2 saturated heterocycles. The molecule has 0 aliphatic carbocycles. The lowest BCUT2D eigenvalue weighted by atomic mass is 10.1. The van der Waals surface area contributed by atoms with Gasteiger partial charge in [-0.05, 0) is 19.4 Å². The summed E-state index contributed by atoms with van der Waals surface area (Å²) in [4.78, 5) is 26.7. The fourth-order valence-electron chi connectivity index (χ4n) is 2.96. The van der Waals surface area contributed by atoms with E-state index >= 15 is 0 Å². The molecule has 0 unspecified atom stereocenters. The molecule has 3 rings (SSSR count). The van der Waals surface area contributed by atoms with E-state index in [-0.39, 0.29) is 18.3 Å². The van der Waals surface area contributed by atoms with Crippen molar-refractivity contribution in [3.63, 3.8) is 0 Å². The Morgan fingerprint density at radius 2 is 2.20 bits per heavy atom. The van der Waals surface area contributed by atoms with E-state index in [1.807, 2.05) is 0 Å². The van der Waals surface area contributed by atoms with Crippen molar-refractivity contribution >= 4 is 11.9 Å². The highest BCUT2D eigenvalue weighted by Gasteiger charge is 2.45. The molecule has 5 atom stereocenters. The highest BCUT2D eigenvalue weighted by atomic mass is 16.6. The average molecular weight is 356 g/mol. The maximum absolute atomic E-state index is 11.9. The van der Waals surface area contributed by atoms with Gasteiger partial charge in [0.25, 0.3) is 5.91 Å². The lowest BCUT2D eigenvalue weighted by Crippen LogP contribution is -2.37. The zero-order chi connectivity index (χ0) is 18.1. The molecule has 6 N–H and O–H groups in total. The summed E-state index contributed by atoms with van der Waals surface area (Å²) < 4.78 is 11.6. The summed E-state index contributed by atoms with van der Waals surface area (Å²) in [6.07, 6.45) is -2.36. The molecule has 0 aromatic carbocycles. The third kappa shape index (κ3) is 3.31. The zero-order valence-electron chi connectivity index (χ0n) is 13.2. The molecular weight excluding hydrogens is 336 g/mol. The molecule has 25 heavy (non-hydrogen) atoms. The van der Waals surface area contributed by atoms with Crippen LogP contribution in [0.25, 0.3) is 0 Å². The van der Waals surface area contributed by atoms with Gasteiger partial charge in [-0.2, -0.15) is 0 Å². The SMILES string of the molecule is NC(=O)c1ncn([C@@H]2O[C@H](COC(=O)[C@@H]3CCCN3)[C@@H](O)[C@H]2O)c1O. The Labute approximate surface area is 142 Å². The fraction of sp³-hybridized carbons (Fsp3) is 0.643. The van der Waals surface area contributed by atoms with Gasteiger partial charge in [0.2, 0.25) is 5.88 Å². The van der Waals surface area contributed by atoms with Crippen molar-refractivity contribution < 1.29 is 34.4 Å². The number of esters is 1. The molecule has 2 fully saturated rings. The van der Waals surface area contributed by atoms with Crippen molar-refractivity contribution in [3.05, 3.63) is 12.0 Å². The molecule has 0 bridgehead atoms. The molecule has 3 heterocycles. The monoisotopic (exact) mass is 356 g/mol. The quantitative estimate of drug-likeness (QED) is 0.361. The second-order valence-electron chi connectivity index (χ2n) is 6.01. The Morgan fingerprint density at radius 1 is 1.44 bits per heavy atom. The van der Waals surface area contributed by atoms with E-state index in [0.717, 1.165) is 23.9 Å². The number of ether oxygens (including phenoxy) is 2. The first-order valence-electron chi connectivity index (χ1n) is 7.87. The lowest BCUT2D eigenvalue weighted by Gasteiger charge is -2.17. The molecule has 2 aliphatic heterocycles. The number of carbonyl (C=O) groups excluding carboxylic acids is 2. The number of hydrogen-bond acceptors (Lipinski definition) is 9. The predicted molar refractivity (Wildman–Crippen MR) is 80.3 cm³/mol. The number of imidazole rings is 1. The van der Waals surface area contributed by atoms with Crippen molar-refractivity contribution in [1.29, 1.82) is 0 Å². The van der Waals surface area contributed by atoms with Crippen LogP contribution < -0.4 is 11.1 Å². The Hall–Kier alpha value is -2.21.